The zero-order valence-corrected chi connectivity index (χ0v) is 12.9. The van der Waals surface area contributed by atoms with Crippen molar-refractivity contribution in [2.75, 3.05) is 13.1 Å². The first-order chi connectivity index (χ1) is 11.0. The lowest BCUT2D eigenvalue weighted by Gasteiger charge is -2.33. The Morgan fingerprint density at radius 1 is 1.52 bits per heavy atom. The fourth-order valence-corrected chi connectivity index (χ4v) is 2.89. The molecule has 3 rings (SSSR count). The van der Waals surface area contributed by atoms with Crippen molar-refractivity contribution in [3.05, 3.63) is 36.0 Å². The molecule has 0 aliphatic carbocycles. The number of hydrogen-bond acceptors (Lipinski definition) is 5. The average Bonchev–Trinajstić information content (AvgIpc) is 3.04. The summed E-state index contributed by atoms with van der Waals surface area (Å²) in [5, 5.41) is 3.94. The minimum atomic E-state index is -0.340. The van der Waals surface area contributed by atoms with Crippen LogP contribution in [0, 0.1) is 5.82 Å². The summed E-state index contributed by atoms with van der Waals surface area (Å²) >= 11 is 0. The summed E-state index contributed by atoms with van der Waals surface area (Å²) in [5.74, 6) is 0.273. The van der Waals surface area contributed by atoms with Crippen LogP contribution in [0.4, 0.5) is 4.39 Å². The van der Waals surface area contributed by atoms with Crippen molar-refractivity contribution in [2.24, 2.45) is 5.73 Å². The normalized spacial score (nSPS) is 20.3. The lowest BCUT2D eigenvalue weighted by Crippen LogP contribution is -2.47. The molecule has 6 nitrogen and oxygen atoms in total. The first kappa shape index (κ1) is 15.6. The molecule has 2 atom stereocenters. The highest BCUT2D eigenvalue weighted by Gasteiger charge is 2.30. The number of primary amides is 1. The van der Waals surface area contributed by atoms with Crippen LogP contribution in [0.5, 0.6) is 0 Å². The SMILES string of the molecule is C[C@@H](C(N)=O)N1CCC[C@H](c2nc(-c3cccc(F)c3)no2)C1. The Labute approximate surface area is 133 Å². The Morgan fingerprint density at radius 3 is 3.09 bits per heavy atom. The monoisotopic (exact) mass is 318 g/mol. The summed E-state index contributed by atoms with van der Waals surface area (Å²) in [7, 11) is 0. The molecule has 1 amide bonds. The minimum absolute atomic E-state index is 0.0559. The molecule has 1 aliphatic rings. The van der Waals surface area contributed by atoms with Crippen molar-refractivity contribution in [3.63, 3.8) is 0 Å². The van der Waals surface area contributed by atoms with Gasteiger partial charge in [0.2, 0.25) is 17.6 Å². The number of nitrogens with two attached hydrogens (primary N) is 1. The third-order valence-electron chi connectivity index (χ3n) is 4.29. The lowest BCUT2D eigenvalue weighted by atomic mass is 9.96. The first-order valence-corrected chi connectivity index (χ1v) is 7.67. The molecule has 0 saturated carbocycles. The zero-order valence-electron chi connectivity index (χ0n) is 12.9. The van der Waals surface area contributed by atoms with Crippen LogP contribution < -0.4 is 5.73 Å². The predicted octanol–water partition coefficient (Wildman–Crippen LogP) is 1.93. The number of hydrogen-bond donors (Lipinski definition) is 1. The Kier molecular flexibility index (Phi) is 4.38. The highest BCUT2D eigenvalue weighted by Crippen LogP contribution is 2.28. The topological polar surface area (TPSA) is 85.3 Å². The maximum absolute atomic E-state index is 13.3. The standard InChI is InChI=1S/C16H19FN4O2/c1-10(14(18)22)21-7-3-5-12(9-21)16-19-15(20-23-16)11-4-2-6-13(17)8-11/h2,4,6,8,10,12H,3,5,7,9H2,1H3,(H2,18,22)/t10-,12-/m0/s1. The molecular formula is C16H19FN4O2. The van der Waals surface area contributed by atoms with E-state index in [4.69, 9.17) is 10.3 Å². The second-order valence-electron chi connectivity index (χ2n) is 5.88. The maximum atomic E-state index is 13.3. The fraction of sp³-hybridized carbons (Fsp3) is 0.438. The van der Waals surface area contributed by atoms with E-state index in [9.17, 15) is 9.18 Å². The van der Waals surface area contributed by atoms with E-state index in [0.717, 1.165) is 19.4 Å². The van der Waals surface area contributed by atoms with Gasteiger partial charge in [0.25, 0.3) is 0 Å². The molecule has 1 aromatic carbocycles. The van der Waals surface area contributed by atoms with Gasteiger partial charge < -0.3 is 10.3 Å². The van der Waals surface area contributed by atoms with Crippen molar-refractivity contribution in [1.82, 2.24) is 15.0 Å². The molecule has 7 heteroatoms. The van der Waals surface area contributed by atoms with Gasteiger partial charge in [0, 0.05) is 12.1 Å². The fourth-order valence-electron chi connectivity index (χ4n) is 2.89. The van der Waals surface area contributed by atoms with Gasteiger partial charge in [-0.1, -0.05) is 17.3 Å². The van der Waals surface area contributed by atoms with Gasteiger partial charge in [0.15, 0.2) is 0 Å². The van der Waals surface area contributed by atoms with Gasteiger partial charge in [-0.25, -0.2) is 4.39 Å². The highest BCUT2D eigenvalue weighted by molar-refractivity contribution is 5.79. The molecule has 0 unspecified atom stereocenters. The van der Waals surface area contributed by atoms with Crippen LogP contribution >= 0.6 is 0 Å². The number of benzene rings is 1. The third kappa shape index (κ3) is 3.39. The molecule has 122 valence electrons. The van der Waals surface area contributed by atoms with Crippen LogP contribution in [0.15, 0.2) is 28.8 Å². The third-order valence-corrected chi connectivity index (χ3v) is 4.29. The quantitative estimate of drug-likeness (QED) is 0.931. The summed E-state index contributed by atoms with van der Waals surface area (Å²) in [6.45, 7) is 3.27. The van der Waals surface area contributed by atoms with Crippen LogP contribution in [0.1, 0.15) is 31.6 Å². The van der Waals surface area contributed by atoms with Crippen molar-refractivity contribution in [1.29, 1.82) is 0 Å². The Bertz CT molecular complexity index is 703. The molecule has 23 heavy (non-hydrogen) atoms. The molecule has 0 bridgehead atoms. The molecule has 2 heterocycles. The summed E-state index contributed by atoms with van der Waals surface area (Å²) < 4.78 is 18.7. The Morgan fingerprint density at radius 2 is 2.35 bits per heavy atom. The van der Waals surface area contributed by atoms with E-state index < -0.39 is 0 Å². The molecule has 2 aromatic rings. The van der Waals surface area contributed by atoms with Gasteiger partial charge in [-0.05, 0) is 38.4 Å². The summed E-state index contributed by atoms with van der Waals surface area (Å²) in [6, 6.07) is 5.77. The summed E-state index contributed by atoms with van der Waals surface area (Å²) in [5.41, 5.74) is 5.96. The highest BCUT2D eigenvalue weighted by atomic mass is 19.1. The van der Waals surface area contributed by atoms with E-state index >= 15 is 0 Å². The van der Waals surface area contributed by atoms with Crippen LogP contribution in [-0.4, -0.2) is 40.1 Å². The number of carbonyl (C=O) groups excluding carboxylic acids is 1. The van der Waals surface area contributed by atoms with E-state index in [1.165, 1.54) is 12.1 Å². The van der Waals surface area contributed by atoms with Gasteiger partial charge >= 0.3 is 0 Å². The maximum Gasteiger partial charge on any atom is 0.234 e. The van der Waals surface area contributed by atoms with Crippen LogP contribution in [0.25, 0.3) is 11.4 Å². The Balaban J connectivity index is 1.76. The van der Waals surface area contributed by atoms with Crippen LogP contribution in [-0.2, 0) is 4.79 Å². The van der Waals surface area contributed by atoms with Gasteiger partial charge in [-0.15, -0.1) is 0 Å². The number of aromatic nitrogens is 2. The molecule has 1 aliphatic heterocycles. The number of nitrogens with zero attached hydrogens (tertiary/aromatic N) is 3. The molecule has 0 radical (unpaired) electrons. The number of carbonyl (C=O) groups is 1. The van der Waals surface area contributed by atoms with Crippen LogP contribution in [0.2, 0.25) is 0 Å². The number of rotatable bonds is 4. The van der Waals surface area contributed by atoms with Gasteiger partial charge in [-0.2, -0.15) is 4.98 Å². The molecule has 1 fully saturated rings. The van der Waals surface area contributed by atoms with E-state index in [-0.39, 0.29) is 23.7 Å². The zero-order chi connectivity index (χ0) is 16.4. The Hall–Kier alpha value is -2.28. The largest absolute Gasteiger partial charge is 0.368 e. The van der Waals surface area contributed by atoms with E-state index in [1.807, 2.05) is 4.90 Å². The minimum Gasteiger partial charge on any atom is -0.368 e. The number of likely N-dealkylation sites (tertiary alicyclic amines) is 1. The molecule has 0 spiro atoms. The first-order valence-electron chi connectivity index (χ1n) is 7.67. The van der Waals surface area contributed by atoms with Crippen LogP contribution in [0.3, 0.4) is 0 Å². The molecule has 1 aromatic heterocycles. The van der Waals surface area contributed by atoms with E-state index in [0.29, 0.717) is 23.8 Å². The van der Waals surface area contributed by atoms with Crippen molar-refractivity contribution >= 4 is 5.91 Å². The molecule has 1 saturated heterocycles. The number of amides is 1. The molecular weight excluding hydrogens is 299 g/mol. The molecule has 2 N–H and O–H groups in total. The van der Waals surface area contributed by atoms with E-state index in [1.54, 1.807) is 19.1 Å². The lowest BCUT2D eigenvalue weighted by molar-refractivity contribution is -0.123. The smallest absolute Gasteiger partial charge is 0.234 e. The number of piperidine rings is 1. The van der Waals surface area contributed by atoms with Gasteiger partial charge in [0.05, 0.1) is 12.0 Å². The number of halogens is 1. The predicted molar refractivity (Wildman–Crippen MR) is 81.9 cm³/mol. The summed E-state index contributed by atoms with van der Waals surface area (Å²) in [6.07, 6.45) is 1.84. The van der Waals surface area contributed by atoms with Crippen molar-refractivity contribution < 1.29 is 13.7 Å². The second-order valence-corrected chi connectivity index (χ2v) is 5.88. The van der Waals surface area contributed by atoms with Crippen molar-refractivity contribution in [2.45, 2.75) is 31.7 Å². The second kappa shape index (κ2) is 6.45. The van der Waals surface area contributed by atoms with Gasteiger partial charge in [0.1, 0.15) is 5.82 Å². The van der Waals surface area contributed by atoms with Crippen molar-refractivity contribution in [3.8, 4) is 11.4 Å². The summed E-state index contributed by atoms with van der Waals surface area (Å²) in [4.78, 5) is 17.8. The average molecular weight is 318 g/mol. The van der Waals surface area contributed by atoms with E-state index in [2.05, 4.69) is 10.1 Å². The van der Waals surface area contributed by atoms with Gasteiger partial charge in [-0.3, -0.25) is 9.69 Å².